The molecule has 0 atom stereocenters. The van der Waals surface area contributed by atoms with Crippen molar-refractivity contribution in [1.29, 1.82) is 0 Å². The van der Waals surface area contributed by atoms with Gasteiger partial charge < -0.3 is 20.6 Å². The second kappa shape index (κ2) is 7.55. The maximum atomic E-state index is 4.80. The summed E-state index contributed by atoms with van der Waals surface area (Å²) >= 11 is 0. The van der Waals surface area contributed by atoms with Crippen molar-refractivity contribution in [2.75, 3.05) is 26.2 Å². The van der Waals surface area contributed by atoms with E-state index in [0.29, 0.717) is 0 Å². The molecule has 8 heteroatoms. The van der Waals surface area contributed by atoms with Crippen LogP contribution in [0.15, 0.2) is 70.6 Å². The normalized spacial score (nSPS) is 15.4. The van der Waals surface area contributed by atoms with Gasteiger partial charge in [-0.1, -0.05) is 24.3 Å². The number of fused-ring (bicyclic) bond motifs is 2. The van der Waals surface area contributed by atoms with Crippen LogP contribution in [0.4, 0.5) is 0 Å². The van der Waals surface area contributed by atoms with Crippen molar-refractivity contribution in [3.63, 3.8) is 0 Å². The Morgan fingerprint density at radius 3 is 1.65 bits per heavy atom. The number of hydrogen-bond donors (Lipinski definition) is 4. The quantitative estimate of drug-likeness (QED) is 0.339. The number of aromatic amines is 2. The van der Waals surface area contributed by atoms with Crippen LogP contribution in [0.5, 0.6) is 0 Å². The number of imidazole rings is 2. The highest BCUT2D eigenvalue weighted by Gasteiger charge is 2.13. The fraction of sp³-hybridized carbons (Fsp3) is 0.154. The van der Waals surface area contributed by atoms with Crippen LogP contribution in [0, 0.1) is 0 Å². The number of nitrogens with one attached hydrogen (secondary N) is 4. The molecule has 166 valence electrons. The molecule has 0 spiro atoms. The number of benzene rings is 3. The van der Waals surface area contributed by atoms with Gasteiger partial charge in [0.15, 0.2) is 0 Å². The van der Waals surface area contributed by atoms with Crippen molar-refractivity contribution < 1.29 is 0 Å². The molecule has 0 saturated carbocycles. The van der Waals surface area contributed by atoms with Gasteiger partial charge in [-0.15, -0.1) is 0 Å². The number of amidine groups is 2. The molecule has 2 aromatic heterocycles. The fourth-order valence-electron chi connectivity index (χ4n) is 4.56. The highest BCUT2D eigenvalue weighted by molar-refractivity contribution is 6.02. The van der Waals surface area contributed by atoms with E-state index in [-0.39, 0.29) is 0 Å². The highest BCUT2D eigenvalue weighted by Crippen LogP contribution is 2.27. The van der Waals surface area contributed by atoms with Crippen molar-refractivity contribution in [3.05, 3.63) is 71.8 Å². The summed E-state index contributed by atoms with van der Waals surface area (Å²) in [6.07, 6.45) is 0. The lowest BCUT2D eigenvalue weighted by Crippen LogP contribution is -2.19. The van der Waals surface area contributed by atoms with Crippen LogP contribution in [-0.2, 0) is 0 Å². The molecule has 0 radical (unpaired) electrons. The Morgan fingerprint density at radius 2 is 1.03 bits per heavy atom. The monoisotopic (exact) mass is 446 g/mol. The molecule has 0 amide bonds. The predicted octanol–water partition coefficient (Wildman–Crippen LogP) is 3.47. The summed E-state index contributed by atoms with van der Waals surface area (Å²) in [7, 11) is 0. The Bertz CT molecular complexity index is 1600. The average molecular weight is 447 g/mol. The molecule has 0 bridgehead atoms. The zero-order valence-corrected chi connectivity index (χ0v) is 18.4. The van der Waals surface area contributed by atoms with E-state index in [4.69, 9.17) is 9.97 Å². The molecule has 2 aliphatic heterocycles. The molecular weight excluding hydrogens is 424 g/mol. The van der Waals surface area contributed by atoms with Crippen molar-refractivity contribution in [3.8, 4) is 22.8 Å². The number of aliphatic imine (C=N–C) groups is 2. The van der Waals surface area contributed by atoms with Crippen molar-refractivity contribution >= 4 is 33.7 Å². The lowest BCUT2D eigenvalue weighted by molar-refractivity contribution is 0.960. The molecule has 0 saturated heterocycles. The zero-order valence-electron chi connectivity index (χ0n) is 18.4. The van der Waals surface area contributed by atoms with E-state index in [1.807, 2.05) is 12.1 Å². The first kappa shape index (κ1) is 19.0. The summed E-state index contributed by atoms with van der Waals surface area (Å²) in [5.74, 6) is 3.59. The molecule has 5 aromatic rings. The lowest BCUT2D eigenvalue weighted by atomic mass is 10.1. The Morgan fingerprint density at radius 1 is 0.529 bits per heavy atom. The maximum absolute atomic E-state index is 4.80. The van der Waals surface area contributed by atoms with E-state index >= 15 is 0 Å². The Balaban J connectivity index is 1.20. The van der Waals surface area contributed by atoms with Gasteiger partial charge in [0.1, 0.15) is 23.3 Å². The third-order valence-electron chi connectivity index (χ3n) is 6.29. The van der Waals surface area contributed by atoms with Crippen LogP contribution in [0.2, 0.25) is 0 Å². The third kappa shape index (κ3) is 3.23. The van der Waals surface area contributed by atoms with Gasteiger partial charge in [0.25, 0.3) is 0 Å². The topological polar surface area (TPSA) is 106 Å². The van der Waals surface area contributed by atoms with Crippen molar-refractivity contribution in [2.45, 2.75) is 0 Å². The minimum atomic E-state index is 0.824. The van der Waals surface area contributed by atoms with Crippen LogP contribution in [0.1, 0.15) is 11.1 Å². The van der Waals surface area contributed by atoms with E-state index < -0.39 is 0 Å². The number of aromatic nitrogens is 4. The van der Waals surface area contributed by atoms with E-state index in [0.717, 1.165) is 93.8 Å². The summed E-state index contributed by atoms with van der Waals surface area (Å²) in [6, 6.07) is 20.7. The number of nitrogens with zero attached hydrogens (tertiary/aromatic N) is 4. The number of H-pyrrole nitrogens is 2. The molecule has 0 fully saturated rings. The van der Waals surface area contributed by atoms with Gasteiger partial charge in [-0.2, -0.15) is 0 Å². The van der Waals surface area contributed by atoms with Gasteiger partial charge in [0.2, 0.25) is 0 Å². The SMILES string of the molecule is c1cc(-c2nc3ccc(-c4nc5ccc(C6=NCCN6)cc5[nH]4)cc3[nH]2)ccc1C1=NCCN1. The minimum Gasteiger partial charge on any atom is -0.368 e. The molecule has 7 rings (SSSR count). The first-order valence-electron chi connectivity index (χ1n) is 11.5. The van der Waals surface area contributed by atoms with Gasteiger partial charge in [-0.25, -0.2) is 9.97 Å². The summed E-state index contributed by atoms with van der Waals surface area (Å²) in [5.41, 5.74) is 8.06. The smallest absolute Gasteiger partial charge is 0.138 e. The van der Waals surface area contributed by atoms with Gasteiger partial charge in [-0.05, 0) is 36.4 Å². The summed E-state index contributed by atoms with van der Waals surface area (Å²) in [6.45, 7) is 3.46. The van der Waals surface area contributed by atoms with E-state index in [2.05, 4.69) is 79.1 Å². The van der Waals surface area contributed by atoms with Crippen molar-refractivity contribution in [2.24, 2.45) is 9.98 Å². The summed E-state index contributed by atoms with van der Waals surface area (Å²) in [5, 5.41) is 6.64. The molecular formula is C26H22N8. The molecule has 4 N–H and O–H groups in total. The molecule has 3 aromatic carbocycles. The first-order chi connectivity index (χ1) is 16.8. The standard InChI is InChI=1S/C26H22N8/c1-3-16(4-2-15(1)23-27-9-10-28-23)25-31-19-8-6-18(14-22(19)33-25)26-32-20-7-5-17(13-21(20)34-26)24-29-11-12-30-24/h1-8,13-14H,9-12H2,(H,27,28)(H,29,30)(H,31,33)(H,32,34). The van der Waals surface area contributed by atoms with E-state index in [9.17, 15) is 0 Å². The molecule has 0 unspecified atom stereocenters. The van der Waals surface area contributed by atoms with Gasteiger partial charge in [0.05, 0.1) is 35.2 Å². The Labute approximate surface area is 195 Å². The van der Waals surface area contributed by atoms with E-state index in [1.165, 1.54) is 0 Å². The molecule has 0 aliphatic carbocycles. The average Bonchev–Trinajstić information content (AvgIpc) is 3.69. The van der Waals surface area contributed by atoms with Crippen LogP contribution in [0.3, 0.4) is 0 Å². The molecule has 4 heterocycles. The molecule has 8 nitrogen and oxygen atoms in total. The third-order valence-corrected chi connectivity index (χ3v) is 6.29. The van der Waals surface area contributed by atoms with Gasteiger partial charge >= 0.3 is 0 Å². The number of rotatable bonds is 4. The first-order valence-corrected chi connectivity index (χ1v) is 11.5. The summed E-state index contributed by atoms with van der Waals surface area (Å²) < 4.78 is 0. The number of hydrogen-bond acceptors (Lipinski definition) is 6. The van der Waals surface area contributed by atoms with Crippen LogP contribution >= 0.6 is 0 Å². The maximum Gasteiger partial charge on any atom is 0.138 e. The predicted molar refractivity (Wildman–Crippen MR) is 135 cm³/mol. The molecule has 2 aliphatic rings. The van der Waals surface area contributed by atoms with Crippen LogP contribution in [0.25, 0.3) is 44.8 Å². The summed E-state index contributed by atoms with van der Waals surface area (Å²) in [4.78, 5) is 25.5. The Hall–Kier alpha value is -4.46. The lowest BCUT2D eigenvalue weighted by Gasteiger charge is -2.03. The molecule has 34 heavy (non-hydrogen) atoms. The van der Waals surface area contributed by atoms with E-state index in [1.54, 1.807) is 0 Å². The second-order valence-corrected chi connectivity index (χ2v) is 8.53. The highest BCUT2D eigenvalue weighted by atomic mass is 15.1. The minimum absolute atomic E-state index is 0.824. The Kier molecular flexibility index (Phi) is 4.23. The fourth-order valence-corrected chi connectivity index (χ4v) is 4.56. The van der Waals surface area contributed by atoms with Crippen LogP contribution in [-0.4, -0.2) is 57.8 Å². The van der Waals surface area contributed by atoms with Gasteiger partial charge in [0, 0.05) is 35.3 Å². The zero-order chi connectivity index (χ0) is 22.5. The largest absolute Gasteiger partial charge is 0.368 e. The van der Waals surface area contributed by atoms with Crippen LogP contribution < -0.4 is 10.6 Å². The van der Waals surface area contributed by atoms with Gasteiger partial charge in [-0.3, -0.25) is 9.98 Å². The second-order valence-electron chi connectivity index (χ2n) is 8.53. The van der Waals surface area contributed by atoms with Crippen molar-refractivity contribution in [1.82, 2.24) is 30.6 Å².